The summed E-state index contributed by atoms with van der Waals surface area (Å²) in [7, 11) is 1.86. The monoisotopic (exact) mass is 340 g/mol. The maximum atomic E-state index is 12.5. The molecule has 2 heterocycles. The van der Waals surface area contributed by atoms with E-state index in [2.05, 4.69) is 22.2 Å². The Morgan fingerprint density at radius 1 is 1.29 bits per heavy atom. The van der Waals surface area contributed by atoms with Crippen LogP contribution < -0.4 is 5.73 Å². The normalized spacial score (nSPS) is 12.2. The predicted molar refractivity (Wildman–Crippen MR) is 96.0 cm³/mol. The van der Waals surface area contributed by atoms with E-state index in [-0.39, 0.29) is 11.7 Å². The molecule has 3 aromatic rings. The summed E-state index contributed by atoms with van der Waals surface area (Å²) >= 11 is 1.38. The summed E-state index contributed by atoms with van der Waals surface area (Å²) in [6, 6.07) is 12.0. The number of carbonyl (C=O) groups is 1. The van der Waals surface area contributed by atoms with Crippen molar-refractivity contribution in [1.29, 1.82) is 0 Å². The van der Waals surface area contributed by atoms with Gasteiger partial charge in [0, 0.05) is 25.0 Å². The lowest BCUT2D eigenvalue weighted by Gasteiger charge is -2.13. The quantitative estimate of drug-likeness (QED) is 0.671. The van der Waals surface area contributed by atoms with Gasteiger partial charge in [0.05, 0.1) is 5.69 Å². The minimum atomic E-state index is 0.0554. The molecule has 5 nitrogen and oxygen atoms in total. The highest BCUT2D eigenvalue weighted by Gasteiger charge is 2.18. The fourth-order valence-electron chi connectivity index (χ4n) is 2.68. The summed E-state index contributed by atoms with van der Waals surface area (Å²) in [6.07, 6.45) is 2.95. The molecule has 1 unspecified atom stereocenters. The van der Waals surface area contributed by atoms with E-state index >= 15 is 0 Å². The van der Waals surface area contributed by atoms with Gasteiger partial charge >= 0.3 is 0 Å². The lowest BCUT2D eigenvalue weighted by molar-refractivity contribution is 0.0962. The third kappa shape index (κ3) is 3.77. The van der Waals surface area contributed by atoms with E-state index in [0.717, 1.165) is 17.8 Å². The van der Waals surface area contributed by atoms with Gasteiger partial charge in [-0.3, -0.25) is 9.48 Å². The molecule has 3 rings (SSSR count). The Morgan fingerprint density at radius 2 is 2.08 bits per heavy atom. The van der Waals surface area contributed by atoms with Crippen LogP contribution >= 0.6 is 11.3 Å². The van der Waals surface area contributed by atoms with Crippen LogP contribution in [0, 0.1) is 5.92 Å². The molecule has 0 bridgehead atoms. The number of nitrogens with two attached hydrogens (primary N) is 1. The van der Waals surface area contributed by atoms with Gasteiger partial charge in [0.15, 0.2) is 10.8 Å². The molecule has 0 aliphatic rings. The second-order valence-electron chi connectivity index (χ2n) is 5.80. The molecule has 1 atom stereocenters. The number of aryl methyl sites for hydroxylation is 1. The van der Waals surface area contributed by atoms with Crippen LogP contribution in [-0.2, 0) is 13.5 Å². The molecule has 0 radical (unpaired) electrons. The van der Waals surface area contributed by atoms with Crippen LogP contribution in [0.15, 0.2) is 48.0 Å². The second-order valence-corrected chi connectivity index (χ2v) is 6.65. The first-order chi connectivity index (χ1) is 11.7. The molecule has 2 N–H and O–H groups in total. The minimum Gasteiger partial charge on any atom is -0.330 e. The van der Waals surface area contributed by atoms with Crippen LogP contribution in [0.2, 0.25) is 0 Å². The van der Waals surface area contributed by atoms with E-state index in [1.807, 2.05) is 36.7 Å². The summed E-state index contributed by atoms with van der Waals surface area (Å²) in [5.41, 5.74) is 8.77. The van der Waals surface area contributed by atoms with Crippen LogP contribution in [0.1, 0.15) is 21.8 Å². The minimum absolute atomic E-state index is 0.0554. The fraction of sp³-hybridized carbons (Fsp3) is 0.278. The molecular weight excluding hydrogens is 320 g/mol. The molecular formula is C18H20N4OS. The van der Waals surface area contributed by atoms with Gasteiger partial charge in [0.2, 0.25) is 0 Å². The molecule has 0 amide bonds. The van der Waals surface area contributed by atoms with Crippen molar-refractivity contribution in [2.45, 2.75) is 12.8 Å². The molecule has 2 aromatic heterocycles. The Kier molecular flexibility index (Phi) is 5.17. The fourth-order valence-corrected chi connectivity index (χ4v) is 3.44. The third-order valence-electron chi connectivity index (χ3n) is 4.00. The molecule has 0 saturated heterocycles. The molecule has 124 valence electrons. The SMILES string of the molecule is Cn1nccc1-c1csc(C(=O)CC(CN)Cc2ccccc2)n1. The average molecular weight is 340 g/mol. The predicted octanol–water partition coefficient (Wildman–Crippen LogP) is 2.93. The van der Waals surface area contributed by atoms with Gasteiger partial charge in [-0.05, 0) is 30.5 Å². The number of benzene rings is 1. The van der Waals surface area contributed by atoms with E-state index in [4.69, 9.17) is 5.73 Å². The molecule has 0 aliphatic carbocycles. The van der Waals surface area contributed by atoms with Crippen molar-refractivity contribution >= 4 is 17.1 Å². The number of Topliss-reactive ketones (excluding diaryl/α,β-unsaturated/α-hetero) is 1. The molecule has 1 aromatic carbocycles. The number of hydrogen-bond donors (Lipinski definition) is 1. The first kappa shape index (κ1) is 16.5. The van der Waals surface area contributed by atoms with Crippen LogP contribution in [0.3, 0.4) is 0 Å². The van der Waals surface area contributed by atoms with Crippen LogP contribution in [0.25, 0.3) is 11.4 Å². The van der Waals surface area contributed by atoms with Crippen molar-refractivity contribution in [3.8, 4) is 11.4 Å². The summed E-state index contributed by atoms with van der Waals surface area (Å²) in [5.74, 6) is 0.184. The van der Waals surface area contributed by atoms with Gasteiger partial charge < -0.3 is 5.73 Å². The first-order valence-electron chi connectivity index (χ1n) is 7.88. The lowest BCUT2D eigenvalue weighted by Crippen LogP contribution is -2.20. The molecule has 6 heteroatoms. The third-order valence-corrected chi connectivity index (χ3v) is 4.88. The molecule has 0 spiro atoms. The van der Waals surface area contributed by atoms with E-state index in [1.165, 1.54) is 16.9 Å². The van der Waals surface area contributed by atoms with E-state index < -0.39 is 0 Å². The Hall–Kier alpha value is -2.31. The molecule has 0 saturated carbocycles. The van der Waals surface area contributed by atoms with E-state index in [9.17, 15) is 4.79 Å². The molecule has 0 fully saturated rings. The number of thiazole rings is 1. The summed E-state index contributed by atoms with van der Waals surface area (Å²) in [4.78, 5) is 17.0. The number of hydrogen-bond acceptors (Lipinski definition) is 5. The van der Waals surface area contributed by atoms with E-state index in [1.54, 1.807) is 10.9 Å². The zero-order chi connectivity index (χ0) is 16.9. The zero-order valence-corrected chi connectivity index (χ0v) is 14.4. The number of nitrogens with zero attached hydrogens (tertiary/aromatic N) is 3. The van der Waals surface area contributed by atoms with E-state index in [0.29, 0.717) is 18.0 Å². The Bertz CT molecular complexity index is 809. The highest BCUT2D eigenvalue weighted by Crippen LogP contribution is 2.23. The van der Waals surface area contributed by atoms with Gasteiger partial charge in [0.1, 0.15) is 5.69 Å². The summed E-state index contributed by atoms with van der Waals surface area (Å²) in [6.45, 7) is 0.487. The number of ketones is 1. The van der Waals surface area contributed by atoms with Gasteiger partial charge in [-0.25, -0.2) is 4.98 Å². The van der Waals surface area contributed by atoms with Crippen molar-refractivity contribution in [3.05, 3.63) is 58.5 Å². The van der Waals surface area contributed by atoms with Crippen molar-refractivity contribution < 1.29 is 4.79 Å². The van der Waals surface area contributed by atoms with Crippen molar-refractivity contribution in [2.75, 3.05) is 6.54 Å². The Morgan fingerprint density at radius 3 is 2.75 bits per heavy atom. The Balaban J connectivity index is 1.68. The standard InChI is InChI=1S/C18H20N4OS/c1-22-16(7-8-20-22)15-12-24-18(21-15)17(23)10-14(11-19)9-13-5-3-2-4-6-13/h2-8,12,14H,9-11,19H2,1H3. The second kappa shape index (κ2) is 7.51. The van der Waals surface area contributed by atoms with Gasteiger partial charge in [-0.2, -0.15) is 5.10 Å². The number of aromatic nitrogens is 3. The van der Waals surface area contributed by atoms with Gasteiger partial charge in [-0.1, -0.05) is 30.3 Å². The maximum absolute atomic E-state index is 12.5. The van der Waals surface area contributed by atoms with Crippen molar-refractivity contribution in [1.82, 2.24) is 14.8 Å². The van der Waals surface area contributed by atoms with Crippen molar-refractivity contribution in [3.63, 3.8) is 0 Å². The smallest absolute Gasteiger partial charge is 0.191 e. The zero-order valence-electron chi connectivity index (χ0n) is 13.6. The van der Waals surface area contributed by atoms with Crippen LogP contribution in [-0.4, -0.2) is 27.1 Å². The summed E-state index contributed by atoms with van der Waals surface area (Å²) in [5, 5.41) is 6.58. The maximum Gasteiger partial charge on any atom is 0.191 e. The lowest BCUT2D eigenvalue weighted by atomic mass is 9.94. The van der Waals surface area contributed by atoms with Crippen LogP contribution in [0.5, 0.6) is 0 Å². The summed E-state index contributed by atoms with van der Waals surface area (Å²) < 4.78 is 1.75. The van der Waals surface area contributed by atoms with Gasteiger partial charge in [0.25, 0.3) is 0 Å². The van der Waals surface area contributed by atoms with Gasteiger partial charge in [-0.15, -0.1) is 11.3 Å². The highest BCUT2D eigenvalue weighted by molar-refractivity contribution is 7.12. The average Bonchev–Trinajstić information content (AvgIpc) is 3.23. The van der Waals surface area contributed by atoms with Crippen LogP contribution in [0.4, 0.5) is 0 Å². The molecule has 24 heavy (non-hydrogen) atoms. The molecule has 0 aliphatic heterocycles. The largest absolute Gasteiger partial charge is 0.330 e. The number of rotatable bonds is 7. The Labute approximate surface area is 145 Å². The van der Waals surface area contributed by atoms with Crippen molar-refractivity contribution in [2.24, 2.45) is 18.7 Å². The number of carbonyl (C=O) groups excluding carboxylic acids is 1. The topological polar surface area (TPSA) is 73.8 Å². The first-order valence-corrected chi connectivity index (χ1v) is 8.76. The highest BCUT2D eigenvalue weighted by atomic mass is 32.1.